The van der Waals surface area contributed by atoms with E-state index in [9.17, 15) is 9.13 Å². The van der Waals surface area contributed by atoms with Crippen molar-refractivity contribution < 1.29 is 33.4 Å². The number of hydrogen-bond acceptors (Lipinski definition) is 4. The van der Waals surface area contributed by atoms with Crippen molar-refractivity contribution in [1.29, 1.82) is 0 Å². The molecule has 1 aliphatic heterocycles. The molecule has 8 nitrogen and oxygen atoms in total. The Morgan fingerprint density at radius 2 is 1.75 bits per heavy atom. The van der Waals surface area contributed by atoms with Crippen LogP contribution in [0.4, 0.5) is 0 Å². The molecule has 1 saturated heterocycles. The summed E-state index contributed by atoms with van der Waals surface area (Å²) >= 11 is 0. The van der Waals surface area contributed by atoms with Gasteiger partial charge in [0.25, 0.3) is 0 Å². The third-order valence-electron chi connectivity index (χ3n) is 2.29. The van der Waals surface area contributed by atoms with Crippen LogP contribution in [0.15, 0.2) is 0 Å². The first-order valence-electron chi connectivity index (χ1n) is 4.57. The molecular weight excluding hydrogens is 260 g/mol. The first-order chi connectivity index (χ1) is 7.05. The first-order valence-corrected chi connectivity index (χ1v) is 7.93. The van der Waals surface area contributed by atoms with Crippen molar-refractivity contribution in [3.63, 3.8) is 0 Å². The van der Waals surface area contributed by atoms with Gasteiger partial charge in [-0.05, 0) is 19.8 Å². The third-order valence-corrected chi connectivity index (χ3v) is 5.63. The molecule has 1 rings (SSSR count). The average Bonchev–Trinajstić information content (AvgIpc) is 2.45. The van der Waals surface area contributed by atoms with Gasteiger partial charge in [-0.3, -0.25) is 14.4 Å². The summed E-state index contributed by atoms with van der Waals surface area (Å²) in [7, 11) is -9.89. The summed E-state index contributed by atoms with van der Waals surface area (Å²) in [5, 5.41) is 2.22. The third kappa shape index (κ3) is 3.61. The molecule has 0 radical (unpaired) electrons. The molecule has 0 aromatic rings. The van der Waals surface area contributed by atoms with Crippen LogP contribution in [0.25, 0.3) is 0 Å². The summed E-state index contributed by atoms with van der Waals surface area (Å²) in [4.78, 5) is 35.6. The Balaban J connectivity index is 2.88. The predicted molar refractivity (Wildman–Crippen MR) is 54.6 cm³/mol. The Labute approximate surface area is 92.3 Å². The van der Waals surface area contributed by atoms with Crippen LogP contribution < -0.4 is 5.32 Å². The normalized spacial score (nSPS) is 27.6. The lowest BCUT2D eigenvalue weighted by Crippen LogP contribution is -2.47. The number of rotatable bonds is 4. The molecule has 1 heterocycles. The largest absolute Gasteiger partial charge is 0.361 e. The van der Waals surface area contributed by atoms with Crippen molar-refractivity contribution in [2.75, 3.05) is 6.61 Å². The van der Waals surface area contributed by atoms with Crippen molar-refractivity contribution in [2.24, 2.45) is 0 Å². The summed E-state index contributed by atoms with van der Waals surface area (Å²) < 4.78 is 27.1. The number of ether oxygens (including phenoxy) is 1. The maximum Gasteiger partial charge on any atom is 0.354 e. The van der Waals surface area contributed by atoms with Crippen LogP contribution in [0.2, 0.25) is 0 Å². The summed E-state index contributed by atoms with van der Waals surface area (Å²) in [6, 6.07) is 0. The predicted octanol–water partition coefficient (Wildman–Crippen LogP) is -0.258. The molecule has 0 amide bonds. The second-order valence-electron chi connectivity index (χ2n) is 3.88. The molecule has 0 saturated carbocycles. The second-order valence-corrected chi connectivity index (χ2v) is 7.68. The van der Waals surface area contributed by atoms with Gasteiger partial charge in [0.1, 0.15) is 5.72 Å². The van der Waals surface area contributed by atoms with Crippen LogP contribution in [-0.4, -0.2) is 37.4 Å². The maximum atomic E-state index is 11.0. The standard InChI is InChI=1S/C6H15NO7P2/c1-6(3-2-4-14-6)7-5(15(8,9)10)16(11,12)13/h5,7H,2-4H2,1H3,(H2,8,9,10)(H2,11,12,13). The van der Waals surface area contributed by atoms with Crippen LogP contribution in [-0.2, 0) is 13.9 Å². The minimum atomic E-state index is -4.95. The van der Waals surface area contributed by atoms with Gasteiger partial charge in [0.05, 0.1) is 0 Å². The quantitative estimate of drug-likeness (QED) is 0.443. The molecule has 1 unspecified atom stereocenters. The van der Waals surface area contributed by atoms with E-state index in [1.807, 2.05) is 0 Å². The smallest absolute Gasteiger partial charge is 0.354 e. The van der Waals surface area contributed by atoms with Crippen molar-refractivity contribution in [1.82, 2.24) is 5.32 Å². The highest BCUT2D eigenvalue weighted by Gasteiger charge is 2.48. The van der Waals surface area contributed by atoms with Gasteiger partial charge in [0, 0.05) is 6.61 Å². The second kappa shape index (κ2) is 4.48. The number of nitrogens with one attached hydrogen (secondary N) is 1. The molecular formula is C6H15NO7P2. The van der Waals surface area contributed by atoms with E-state index in [-0.39, 0.29) is 0 Å². The molecule has 0 aromatic heterocycles. The van der Waals surface area contributed by atoms with E-state index in [1.54, 1.807) is 0 Å². The Bertz CT molecular complexity index is 319. The van der Waals surface area contributed by atoms with Crippen molar-refractivity contribution >= 4 is 15.2 Å². The van der Waals surface area contributed by atoms with Gasteiger partial charge < -0.3 is 24.3 Å². The van der Waals surface area contributed by atoms with Gasteiger partial charge in [-0.1, -0.05) is 0 Å². The average molecular weight is 275 g/mol. The van der Waals surface area contributed by atoms with E-state index in [0.717, 1.165) is 0 Å². The van der Waals surface area contributed by atoms with Crippen LogP contribution in [0, 0.1) is 0 Å². The molecule has 16 heavy (non-hydrogen) atoms. The van der Waals surface area contributed by atoms with E-state index < -0.39 is 26.4 Å². The molecule has 0 aliphatic carbocycles. The van der Waals surface area contributed by atoms with Gasteiger partial charge >= 0.3 is 15.2 Å². The van der Waals surface area contributed by atoms with Crippen molar-refractivity contribution in [3.05, 3.63) is 0 Å². The Morgan fingerprint density at radius 1 is 1.25 bits per heavy atom. The van der Waals surface area contributed by atoms with E-state index in [4.69, 9.17) is 24.3 Å². The topological polar surface area (TPSA) is 136 Å². The van der Waals surface area contributed by atoms with Crippen LogP contribution in [0.1, 0.15) is 19.8 Å². The van der Waals surface area contributed by atoms with E-state index in [0.29, 0.717) is 19.4 Å². The highest BCUT2D eigenvalue weighted by Crippen LogP contribution is 2.59. The zero-order valence-electron chi connectivity index (χ0n) is 8.61. The molecule has 0 aromatic carbocycles. The molecule has 1 fully saturated rings. The monoisotopic (exact) mass is 275 g/mol. The molecule has 0 bridgehead atoms. The van der Waals surface area contributed by atoms with Gasteiger partial charge in [0.2, 0.25) is 5.52 Å². The van der Waals surface area contributed by atoms with E-state index in [1.165, 1.54) is 6.92 Å². The molecule has 1 atom stereocenters. The molecule has 0 spiro atoms. The minimum Gasteiger partial charge on any atom is -0.361 e. The van der Waals surface area contributed by atoms with Crippen molar-refractivity contribution in [2.45, 2.75) is 31.0 Å². The fraction of sp³-hybridized carbons (Fsp3) is 1.00. The fourth-order valence-corrected chi connectivity index (χ4v) is 3.98. The molecule has 5 N–H and O–H groups in total. The van der Waals surface area contributed by atoms with Crippen LogP contribution in [0.5, 0.6) is 0 Å². The van der Waals surface area contributed by atoms with Gasteiger partial charge in [-0.25, -0.2) is 0 Å². The fourth-order valence-electron chi connectivity index (χ4n) is 1.53. The van der Waals surface area contributed by atoms with Crippen molar-refractivity contribution in [3.8, 4) is 0 Å². The summed E-state index contributed by atoms with van der Waals surface area (Å²) in [6.07, 6.45) is 1.10. The lowest BCUT2D eigenvalue weighted by molar-refractivity contribution is -0.00958. The lowest BCUT2D eigenvalue weighted by Gasteiger charge is -2.31. The summed E-state index contributed by atoms with van der Waals surface area (Å²) in [5.74, 6) is 0. The Hall–Kier alpha value is 0.220. The lowest BCUT2D eigenvalue weighted by atomic mass is 10.2. The molecule has 96 valence electrons. The minimum absolute atomic E-state index is 0.387. The van der Waals surface area contributed by atoms with Crippen LogP contribution in [0.3, 0.4) is 0 Å². The first kappa shape index (κ1) is 14.3. The highest BCUT2D eigenvalue weighted by atomic mass is 31.2. The van der Waals surface area contributed by atoms with Crippen LogP contribution >= 0.6 is 15.2 Å². The van der Waals surface area contributed by atoms with E-state index in [2.05, 4.69) is 5.32 Å². The Morgan fingerprint density at radius 3 is 2.06 bits per heavy atom. The van der Waals surface area contributed by atoms with Gasteiger partial charge in [-0.15, -0.1) is 0 Å². The molecule has 10 heteroatoms. The summed E-state index contributed by atoms with van der Waals surface area (Å²) in [6.45, 7) is 1.89. The maximum absolute atomic E-state index is 11.0. The number of hydrogen-bond donors (Lipinski definition) is 5. The zero-order chi connectivity index (χ0) is 12.6. The SMILES string of the molecule is CC1(NC(P(=O)(O)O)P(=O)(O)O)CCCO1. The van der Waals surface area contributed by atoms with Gasteiger partial charge in [-0.2, -0.15) is 0 Å². The molecule has 1 aliphatic rings. The zero-order valence-corrected chi connectivity index (χ0v) is 10.4. The van der Waals surface area contributed by atoms with E-state index >= 15 is 0 Å². The summed E-state index contributed by atoms with van der Waals surface area (Å²) in [5.41, 5.74) is -3.32. The Kier molecular flexibility index (Phi) is 4.00. The van der Waals surface area contributed by atoms with Gasteiger partial charge in [0.15, 0.2) is 0 Å². The highest BCUT2D eigenvalue weighted by molar-refractivity contribution is 7.70.